The quantitative estimate of drug-likeness (QED) is 0.799. The second-order valence-corrected chi connectivity index (χ2v) is 8.80. The molecule has 1 saturated carbocycles. The third kappa shape index (κ3) is 4.55. The summed E-state index contributed by atoms with van der Waals surface area (Å²) >= 11 is 0. The number of rotatable bonds is 5. The van der Waals surface area contributed by atoms with E-state index in [-0.39, 0.29) is 41.4 Å². The van der Waals surface area contributed by atoms with Crippen molar-refractivity contribution in [1.29, 1.82) is 0 Å². The summed E-state index contributed by atoms with van der Waals surface area (Å²) in [7, 11) is 0. The van der Waals surface area contributed by atoms with E-state index in [1.54, 1.807) is 13.0 Å². The molecule has 1 aliphatic carbocycles. The van der Waals surface area contributed by atoms with Gasteiger partial charge in [0.1, 0.15) is 5.82 Å². The van der Waals surface area contributed by atoms with Crippen LogP contribution in [0.4, 0.5) is 4.39 Å². The number of piperidine rings is 1. The van der Waals surface area contributed by atoms with Crippen LogP contribution in [0, 0.1) is 24.6 Å². The van der Waals surface area contributed by atoms with E-state index in [4.69, 9.17) is 0 Å². The highest BCUT2D eigenvalue weighted by Gasteiger charge is 2.40. The van der Waals surface area contributed by atoms with E-state index in [1.807, 2.05) is 48.2 Å². The maximum absolute atomic E-state index is 13.8. The number of hydrogen-bond donors (Lipinski definition) is 1. The van der Waals surface area contributed by atoms with Crippen LogP contribution in [0.15, 0.2) is 48.5 Å². The first-order valence-electron chi connectivity index (χ1n) is 10.8. The average Bonchev–Trinajstić information content (AvgIpc) is 3.61. The fraction of sp³-hybridized carbons (Fsp3) is 0.440. The second kappa shape index (κ2) is 8.58. The van der Waals surface area contributed by atoms with Gasteiger partial charge in [-0.2, -0.15) is 0 Å². The maximum Gasteiger partial charge on any atom is 0.225 e. The summed E-state index contributed by atoms with van der Waals surface area (Å²) in [6.45, 7) is 4.78. The van der Waals surface area contributed by atoms with Gasteiger partial charge in [0, 0.05) is 24.9 Å². The van der Waals surface area contributed by atoms with Crippen molar-refractivity contribution >= 4 is 11.8 Å². The number of nitrogens with zero attached hydrogens (tertiary/aromatic N) is 1. The molecule has 1 heterocycles. The SMILES string of the molecule is Cc1cc(C2CC(C(=O)NC(C)c3ccccc3)CN(C(=O)C3CC3)C2)ccc1F. The van der Waals surface area contributed by atoms with Gasteiger partial charge < -0.3 is 10.2 Å². The molecule has 0 radical (unpaired) electrons. The lowest BCUT2D eigenvalue weighted by Gasteiger charge is -2.38. The van der Waals surface area contributed by atoms with Crippen molar-refractivity contribution < 1.29 is 14.0 Å². The number of hydrogen-bond acceptors (Lipinski definition) is 2. The van der Waals surface area contributed by atoms with Crippen LogP contribution in [-0.4, -0.2) is 29.8 Å². The Morgan fingerprint density at radius 1 is 1.07 bits per heavy atom. The number of benzene rings is 2. The van der Waals surface area contributed by atoms with Gasteiger partial charge in [0.15, 0.2) is 0 Å². The van der Waals surface area contributed by atoms with E-state index in [2.05, 4.69) is 5.32 Å². The number of carbonyl (C=O) groups is 2. The highest BCUT2D eigenvalue weighted by molar-refractivity contribution is 5.84. The number of nitrogens with one attached hydrogen (secondary N) is 1. The normalized spacial score (nSPS) is 22.4. The van der Waals surface area contributed by atoms with Crippen LogP contribution in [0.3, 0.4) is 0 Å². The van der Waals surface area contributed by atoms with Crippen LogP contribution in [0.25, 0.3) is 0 Å². The van der Waals surface area contributed by atoms with Crippen molar-refractivity contribution in [2.75, 3.05) is 13.1 Å². The standard InChI is InChI=1S/C25H29FN2O2/c1-16-12-20(10-11-23(16)26)21-13-22(15-28(14-21)25(30)19-8-9-19)24(29)27-17(2)18-6-4-3-5-7-18/h3-7,10-12,17,19,21-22H,8-9,13-15H2,1-2H3,(H,27,29). The number of aryl methyl sites for hydroxylation is 1. The minimum atomic E-state index is -0.275. The summed E-state index contributed by atoms with van der Waals surface area (Å²) in [6.07, 6.45) is 2.54. The lowest BCUT2D eigenvalue weighted by molar-refractivity contribution is -0.137. The molecule has 3 unspecified atom stereocenters. The lowest BCUT2D eigenvalue weighted by atomic mass is 9.83. The molecule has 5 heteroatoms. The molecule has 2 aliphatic rings. The molecule has 2 fully saturated rings. The molecular weight excluding hydrogens is 379 g/mol. The van der Waals surface area contributed by atoms with Gasteiger partial charge in [0.25, 0.3) is 0 Å². The predicted octanol–water partition coefficient (Wildman–Crippen LogP) is 4.35. The third-order valence-electron chi connectivity index (χ3n) is 6.37. The third-order valence-corrected chi connectivity index (χ3v) is 6.37. The molecule has 2 aromatic carbocycles. The molecule has 1 N–H and O–H groups in total. The van der Waals surface area contributed by atoms with Crippen molar-refractivity contribution in [2.24, 2.45) is 11.8 Å². The number of likely N-dealkylation sites (tertiary alicyclic amines) is 1. The van der Waals surface area contributed by atoms with Crippen molar-refractivity contribution in [3.05, 3.63) is 71.0 Å². The Kier molecular flexibility index (Phi) is 5.89. The van der Waals surface area contributed by atoms with E-state index in [0.29, 0.717) is 25.1 Å². The van der Waals surface area contributed by atoms with Gasteiger partial charge in [-0.05, 0) is 55.9 Å². The lowest BCUT2D eigenvalue weighted by Crippen LogP contribution is -2.48. The van der Waals surface area contributed by atoms with Gasteiger partial charge in [-0.25, -0.2) is 4.39 Å². The van der Waals surface area contributed by atoms with Crippen LogP contribution in [0.2, 0.25) is 0 Å². The summed E-state index contributed by atoms with van der Waals surface area (Å²) in [5.74, 6) is -0.223. The largest absolute Gasteiger partial charge is 0.349 e. The fourth-order valence-electron chi connectivity index (χ4n) is 4.38. The molecule has 0 bridgehead atoms. The summed E-state index contributed by atoms with van der Waals surface area (Å²) in [5, 5.41) is 3.13. The summed E-state index contributed by atoms with van der Waals surface area (Å²) < 4.78 is 13.8. The number of carbonyl (C=O) groups excluding carboxylic acids is 2. The van der Waals surface area contributed by atoms with Gasteiger partial charge in [0.2, 0.25) is 11.8 Å². The Labute approximate surface area is 177 Å². The Balaban J connectivity index is 1.52. The van der Waals surface area contributed by atoms with Gasteiger partial charge in [-0.3, -0.25) is 9.59 Å². The van der Waals surface area contributed by atoms with Crippen LogP contribution in [-0.2, 0) is 9.59 Å². The molecule has 0 aromatic heterocycles. The Morgan fingerprint density at radius 3 is 2.47 bits per heavy atom. The number of halogens is 1. The zero-order chi connectivity index (χ0) is 21.3. The Hall–Kier alpha value is -2.69. The van der Waals surface area contributed by atoms with Crippen LogP contribution >= 0.6 is 0 Å². The first-order chi connectivity index (χ1) is 14.4. The monoisotopic (exact) mass is 408 g/mol. The van der Waals surface area contributed by atoms with Crippen molar-refractivity contribution in [1.82, 2.24) is 10.2 Å². The van der Waals surface area contributed by atoms with Crippen LogP contribution in [0.1, 0.15) is 54.8 Å². The van der Waals surface area contributed by atoms with Crippen LogP contribution < -0.4 is 5.32 Å². The summed E-state index contributed by atoms with van der Waals surface area (Å²) in [5.41, 5.74) is 2.64. The zero-order valence-electron chi connectivity index (χ0n) is 17.6. The van der Waals surface area contributed by atoms with Crippen LogP contribution in [0.5, 0.6) is 0 Å². The Bertz CT molecular complexity index is 926. The van der Waals surface area contributed by atoms with E-state index < -0.39 is 0 Å². The number of amides is 2. The van der Waals surface area contributed by atoms with Gasteiger partial charge in [0.05, 0.1) is 12.0 Å². The molecule has 4 rings (SSSR count). The molecule has 1 saturated heterocycles. The highest BCUT2D eigenvalue weighted by atomic mass is 19.1. The van der Waals surface area contributed by atoms with Gasteiger partial charge >= 0.3 is 0 Å². The Morgan fingerprint density at radius 2 is 1.80 bits per heavy atom. The average molecular weight is 409 g/mol. The second-order valence-electron chi connectivity index (χ2n) is 8.80. The van der Waals surface area contributed by atoms with Gasteiger partial charge in [-0.15, -0.1) is 0 Å². The van der Waals surface area contributed by atoms with E-state index in [0.717, 1.165) is 24.0 Å². The zero-order valence-corrected chi connectivity index (χ0v) is 17.6. The molecular formula is C25H29FN2O2. The van der Waals surface area contributed by atoms with Crippen molar-refractivity contribution in [2.45, 2.75) is 45.1 Å². The maximum atomic E-state index is 13.8. The minimum absolute atomic E-state index is 0.0246. The van der Waals surface area contributed by atoms with E-state index in [1.165, 1.54) is 6.07 Å². The fourth-order valence-corrected chi connectivity index (χ4v) is 4.38. The van der Waals surface area contributed by atoms with E-state index >= 15 is 0 Å². The topological polar surface area (TPSA) is 49.4 Å². The molecule has 2 amide bonds. The summed E-state index contributed by atoms with van der Waals surface area (Å²) in [4.78, 5) is 27.8. The van der Waals surface area contributed by atoms with Crippen molar-refractivity contribution in [3.8, 4) is 0 Å². The smallest absolute Gasteiger partial charge is 0.225 e. The minimum Gasteiger partial charge on any atom is -0.349 e. The highest BCUT2D eigenvalue weighted by Crippen LogP contribution is 2.36. The first-order valence-corrected chi connectivity index (χ1v) is 10.8. The van der Waals surface area contributed by atoms with Crippen molar-refractivity contribution in [3.63, 3.8) is 0 Å². The molecule has 3 atom stereocenters. The van der Waals surface area contributed by atoms with Gasteiger partial charge in [-0.1, -0.05) is 42.5 Å². The molecule has 2 aromatic rings. The summed E-state index contributed by atoms with van der Waals surface area (Å²) in [6, 6.07) is 14.9. The molecule has 4 nitrogen and oxygen atoms in total. The van der Waals surface area contributed by atoms with E-state index in [9.17, 15) is 14.0 Å². The molecule has 30 heavy (non-hydrogen) atoms. The predicted molar refractivity (Wildman–Crippen MR) is 114 cm³/mol. The first kappa shape index (κ1) is 20.6. The molecule has 1 aliphatic heterocycles. The molecule has 158 valence electrons. The molecule has 0 spiro atoms.